The Hall–Kier alpha value is -3.55. The zero-order valence-electron chi connectivity index (χ0n) is 25.4. The van der Waals surface area contributed by atoms with Crippen molar-refractivity contribution in [2.75, 3.05) is 31.2 Å². The van der Waals surface area contributed by atoms with E-state index in [0.717, 1.165) is 37.9 Å². The van der Waals surface area contributed by atoms with E-state index in [-0.39, 0.29) is 23.2 Å². The maximum Gasteiger partial charge on any atom is 0.261 e. The molecule has 2 N–H and O–H groups in total. The molecule has 0 bridgehead atoms. The summed E-state index contributed by atoms with van der Waals surface area (Å²) in [5.41, 5.74) is 3.42. The number of nitrogens with zero attached hydrogens (tertiary/aromatic N) is 6. The molecule has 4 aromatic rings. The Morgan fingerprint density at radius 3 is 2.35 bits per heavy atom. The largest absolute Gasteiger partial charge is 0.326 e. The number of aryl methyl sites for hydroxylation is 2. The predicted octanol–water partition coefficient (Wildman–Crippen LogP) is 5.89. The normalized spacial score (nSPS) is 14.7. The van der Waals surface area contributed by atoms with Crippen LogP contribution in [0.5, 0.6) is 0 Å². The third-order valence-electron chi connectivity index (χ3n) is 7.56. The second-order valence-corrected chi connectivity index (χ2v) is 12.7. The molecular formula is C30H39F2N7O3S. The van der Waals surface area contributed by atoms with E-state index in [1.54, 1.807) is 6.07 Å². The van der Waals surface area contributed by atoms with Crippen LogP contribution >= 0.6 is 0 Å². The number of aromatic nitrogens is 5. The molecule has 0 radical (unpaired) electrons. The van der Waals surface area contributed by atoms with Crippen LogP contribution in [0, 0.1) is 31.4 Å². The summed E-state index contributed by atoms with van der Waals surface area (Å²) < 4.78 is 57.6. The van der Waals surface area contributed by atoms with Crippen molar-refractivity contribution in [2.24, 2.45) is 5.92 Å². The molecule has 5 rings (SSSR count). The zero-order valence-corrected chi connectivity index (χ0v) is 26.2. The number of piperidine rings is 1. The van der Waals surface area contributed by atoms with Crippen LogP contribution in [0.1, 0.15) is 56.7 Å². The first-order valence-electron chi connectivity index (χ1n) is 14.3. The van der Waals surface area contributed by atoms with Crippen LogP contribution in [-0.2, 0) is 16.5 Å². The molecule has 0 amide bonds. The second kappa shape index (κ2) is 13.4. The summed E-state index contributed by atoms with van der Waals surface area (Å²) in [4.78, 5) is 20.1. The Balaban J connectivity index is 0.000000782. The second-order valence-electron chi connectivity index (χ2n) is 11.2. The molecule has 1 aliphatic rings. The minimum absolute atomic E-state index is 0.0178. The van der Waals surface area contributed by atoms with E-state index >= 15 is 0 Å². The van der Waals surface area contributed by atoms with Gasteiger partial charge in [-0.05, 0) is 96.3 Å². The number of benzene rings is 1. The molecule has 3 aromatic heterocycles. The number of fused-ring (bicyclic) bond motifs is 1. The van der Waals surface area contributed by atoms with Crippen LogP contribution in [0.2, 0.25) is 0 Å². The summed E-state index contributed by atoms with van der Waals surface area (Å²) in [6.07, 6.45) is 5.26. The van der Waals surface area contributed by atoms with Gasteiger partial charge in [0.15, 0.2) is 11.6 Å². The highest BCUT2D eigenvalue weighted by Gasteiger charge is 2.20. The summed E-state index contributed by atoms with van der Waals surface area (Å²) in [6.45, 7) is 13.5. The maximum atomic E-state index is 15.0. The first-order valence-corrected chi connectivity index (χ1v) is 16.2. The van der Waals surface area contributed by atoms with Crippen LogP contribution in [0.25, 0.3) is 22.3 Å². The molecule has 10 nitrogen and oxygen atoms in total. The summed E-state index contributed by atoms with van der Waals surface area (Å²) >= 11 is 0. The number of hydrogen-bond donors (Lipinski definition) is 2. The van der Waals surface area contributed by atoms with Crippen molar-refractivity contribution in [3.8, 4) is 11.3 Å². The quantitative estimate of drug-likeness (QED) is 0.245. The molecule has 4 heterocycles. The van der Waals surface area contributed by atoms with E-state index in [1.165, 1.54) is 24.5 Å². The molecule has 13 heteroatoms. The number of likely N-dealkylation sites (tertiary alicyclic amines) is 1. The van der Waals surface area contributed by atoms with Crippen molar-refractivity contribution in [1.29, 1.82) is 0 Å². The predicted molar refractivity (Wildman–Crippen MR) is 164 cm³/mol. The van der Waals surface area contributed by atoms with Crippen LogP contribution in [0.3, 0.4) is 0 Å². The summed E-state index contributed by atoms with van der Waals surface area (Å²) in [7, 11) is -3.67. The van der Waals surface area contributed by atoms with Crippen molar-refractivity contribution in [1.82, 2.24) is 29.4 Å². The van der Waals surface area contributed by atoms with E-state index in [4.69, 9.17) is 9.54 Å². The molecular weight excluding hydrogens is 576 g/mol. The molecule has 0 saturated carbocycles. The average molecular weight is 616 g/mol. The van der Waals surface area contributed by atoms with Gasteiger partial charge in [-0.2, -0.15) is 8.42 Å². The van der Waals surface area contributed by atoms with Gasteiger partial charge in [0.1, 0.15) is 22.9 Å². The third kappa shape index (κ3) is 8.30. The standard InChI is InChI=1S/C29H35F2N7.CH4O3S/c1-6-37-11-9-20(10-12-37)13-21-7-8-26(33-18(21)4)35-29-32-16-24(31)27(36-29)22-14-23(30)28-25(15-22)38(17(2)3)19(5)34-28;1-5(2,3)4/h7-8,14-17,20H,6,9-13H2,1-5H3,(H,32,33,35,36);1H3,(H,2,3,4). The lowest BCUT2D eigenvalue weighted by molar-refractivity contribution is 0.192. The van der Waals surface area contributed by atoms with E-state index in [2.05, 4.69) is 38.2 Å². The van der Waals surface area contributed by atoms with Gasteiger partial charge >= 0.3 is 0 Å². The van der Waals surface area contributed by atoms with Gasteiger partial charge in [0.25, 0.3) is 10.1 Å². The highest BCUT2D eigenvalue weighted by molar-refractivity contribution is 7.85. The molecule has 1 aliphatic heterocycles. The Labute approximate surface area is 251 Å². The van der Waals surface area contributed by atoms with Crippen molar-refractivity contribution in [3.05, 3.63) is 59.2 Å². The fourth-order valence-corrected chi connectivity index (χ4v) is 5.49. The van der Waals surface area contributed by atoms with Gasteiger partial charge in [0.05, 0.1) is 18.0 Å². The number of halogens is 2. The Bertz CT molecular complexity index is 1690. The lowest BCUT2D eigenvalue weighted by Gasteiger charge is -2.31. The van der Waals surface area contributed by atoms with Gasteiger partial charge in [0, 0.05) is 17.3 Å². The van der Waals surface area contributed by atoms with E-state index in [1.807, 2.05) is 38.3 Å². The van der Waals surface area contributed by atoms with Gasteiger partial charge in [-0.15, -0.1) is 0 Å². The number of nitrogens with one attached hydrogen (secondary N) is 1. The number of hydrogen-bond acceptors (Lipinski definition) is 8. The smallest absolute Gasteiger partial charge is 0.261 e. The maximum absolute atomic E-state index is 15.0. The fraction of sp³-hybridized carbons (Fsp3) is 0.467. The molecule has 0 atom stereocenters. The number of imidazole rings is 1. The number of anilines is 2. The summed E-state index contributed by atoms with van der Waals surface area (Å²) in [5, 5.41) is 3.09. The van der Waals surface area contributed by atoms with Crippen molar-refractivity contribution in [2.45, 2.75) is 59.9 Å². The van der Waals surface area contributed by atoms with E-state index in [9.17, 15) is 17.2 Å². The minimum Gasteiger partial charge on any atom is -0.326 e. The minimum atomic E-state index is -3.67. The van der Waals surface area contributed by atoms with Gasteiger partial charge < -0.3 is 14.8 Å². The summed E-state index contributed by atoms with van der Waals surface area (Å²) in [5.74, 6) is 1.01. The van der Waals surface area contributed by atoms with Crippen LogP contribution in [-0.4, -0.2) is 68.3 Å². The topological polar surface area (TPSA) is 126 Å². The lowest BCUT2D eigenvalue weighted by atomic mass is 9.90. The highest BCUT2D eigenvalue weighted by atomic mass is 32.2. The Morgan fingerprint density at radius 2 is 1.74 bits per heavy atom. The molecule has 43 heavy (non-hydrogen) atoms. The number of pyridine rings is 1. The highest BCUT2D eigenvalue weighted by Crippen LogP contribution is 2.31. The SMILES string of the molecule is CCN1CCC(Cc2ccc(Nc3ncc(F)c(-c4cc(F)c5nc(C)n(C(C)C)c5c4)n3)nc2C)CC1.CS(=O)(=O)O. The fourth-order valence-electron chi connectivity index (χ4n) is 5.49. The van der Waals surface area contributed by atoms with Crippen molar-refractivity contribution < 1.29 is 21.8 Å². The van der Waals surface area contributed by atoms with Gasteiger partial charge in [-0.3, -0.25) is 4.55 Å². The first-order chi connectivity index (χ1) is 20.2. The molecule has 232 valence electrons. The van der Waals surface area contributed by atoms with Gasteiger partial charge in [-0.25, -0.2) is 28.7 Å². The molecule has 0 unspecified atom stereocenters. The van der Waals surface area contributed by atoms with Crippen LogP contribution in [0.4, 0.5) is 20.5 Å². The monoisotopic (exact) mass is 615 g/mol. The Kier molecular flexibility index (Phi) is 10.1. The Morgan fingerprint density at radius 1 is 1.07 bits per heavy atom. The van der Waals surface area contributed by atoms with Crippen LogP contribution in [0.15, 0.2) is 30.5 Å². The first kappa shape index (κ1) is 32.4. The molecule has 1 saturated heterocycles. The van der Waals surface area contributed by atoms with Gasteiger partial charge in [0.2, 0.25) is 5.95 Å². The van der Waals surface area contributed by atoms with E-state index in [0.29, 0.717) is 34.9 Å². The third-order valence-corrected chi connectivity index (χ3v) is 7.56. The van der Waals surface area contributed by atoms with Crippen LogP contribution < -0.4 is 5.32 Å². The molecule has 0 spiro atoms. The zero-order chi connectivity index (χ0) is 31.5. The average Bonchev–Trinajstić information content (AvgIpc) is 3.27. The molecule has 1 aromatic carbocycles. The van der Waals surface area contributed by atoms with E-state index < -0.39 is 21.8 Å². The van der Waals surface area contributed by atoms with Gasteiger partial charge in [-0.1, -0.05) is 13.0 Å². The van der Waals surface area contributed by atoms with Crippen molar-refractivity contribution >= 4 is 32.9 Å². The van der Waals surface area contributed by atoms with Crippen molar-refractivity contribution in [3.63, 3.8) is 0 Å². The number of rotatable bonds is 7. The lowest BCUT2D eigenvalue weighted by Crippen LogP contribution is -2.34. The molecule has 1 fully saturated rings. The molecule has 0 aliphatic carbocycles. The summed E-state index contributed by atoms with van der Waals surface area (Å²) in [6, 6.07) is 7.08.